The summed E-state index contributed by atoms with van der Waals surface area (Å²) in [5, 5.41) is 4.52. The van der Waals surface area contributed by atoms with Gasteiger partial charge in [0.15, 0.2) is 0 Å². The molecule has 2 unspecified atom stereocenters. The van der Waals surface area contributed by atoms with E-state index in [-0.39, 0.29) is 0 Å². The molecule has 5 heteroatoms. The average molecular weight is 326 g/mol. The third-order valence-electron chi connectivity index (χ3n) is 3.78. The van der Waals surface area contributed by atoms with Gasteiger partial charge in [0, 0.05) is 34.6 Å². The standard InChI is InChI=1S/C16H27N3S2/c1-6-12-14(21-9-8-20-12)16-18-11(5)13(10(3)4)15(19-16)17-7-2/h10,12,14H,6-9H2,1-5H3,(H,17,18,19). The first kappa shape index (κ1) is 16.9. The van der Waals surface area contributed by atoms with Crippen molar-refractivity contribution in [1.29, 1.82) is 0 Å². The molecule has 3 nitrogen and oxygen atoms in total. The van der Waals surface area contributed by atoms with Crippen LogP contribution in [0.3, 0.4) is 0 Å². The van der Waals surface area contributed by atoms with Crippen LogP contribution in [-0.2, 0) is 0 Å². The molecule has 0 saturated carbocycles. The molecular formula is C16H27N3S2. The summed E-state index contributed by atoms with van der Waals surface area (Å²) >= 11 is 4.11. The summed E-state index contributed by atoms with van der Waals surface area (Å²) in [4.78, 5) is 9.78. The van der Waals surface area contributed by atoms with Crippen molar-refractivity contribution >= 4 is 29.3 Å². The number of hydrogen-bond acceptors (Lipinski definition) is 5. The van der Waals surface area contributed by atoms with E-state index in [2.05, 4.69) is 51.7 Å². The van der Waals surface area contributed by atoms with Gasteiger partial charge >= 0.3 is 0 Å². The summed E-state index contributed by atoms with van der Waals surface area (Å²) in [6.45, 7) is 11.9. The molecule has 1 aliphatic rings. The average Bonchev–Trinajstić information content (AvgIpc) is 2.46. The first-order valence-electron chi connectivity index (χ1n) is 7.93. The lowest BCUT2D eigenvalue weighted by Gasteiger charge is -2.29. The Morgan fingerprint density at radius 1 is 1.19 bits per heavy atom. The van der Waals surface area contributed by atoms with Crippen LogP contribution in [0.5, 0.6) is 0 Å². The van der Waals surface area contributed by atoms with Crippen molar-refractivity contribution in [1.82, 2.24) is 9.97 Å². The summed E-state index contributed by atoms with van der Waals surface area (Å²) in [6.07, 6.45) is 1.19. The minimum absolute atomic E-state index is 0.436. The van der Waals surface area contributed by atoms with E-state index in [0.717, 1.165) is 23.9 Å². The molecule has 1 fully saturated rings. The van der Waals surface area contributed by atoms with Crippen LogP contribution in [0.25, 0.3) is 0 Å². The molecule has 118 valence electrons. The number of hydrogen-bond donors (Lipinski definition) is 1. The maximum Gasteiger partial charge on any atom is 0.145 e. The van der Waals surface area contributed by atoms with Crippen LogP contribution in [0.1, 0.15) is 62.4 Å². The molecule has 0 aliphatic carbocycles. The van der Waals surface area contributed by atoms with Gasteiger partial charge in [-0.15, -0.1) is 11.8 Å². The molecule has 0 aromatic carbocycles. The Morgan fingerprint density at radius 3 is 2.52 bits per heavy atom. The Hall–Kier alpha value is -0.420. The minimum Gasteiger partial charge on any atom is -0.370 e. The fraction of sp³-hybridized carbons (Fsp3) is 0.750. The fourth-order valence-corrected chi connectivity index (χ4v) is 5.86. The molecule has 1 aromatic heterocycles. The molecule has 2 rings (SSSR count). The fourth-order valence-electron chi connectivity index (χ4n) is 2.87. The third kappa shape index (κ3) is 3.86. The van der Waals surface area contributed by atoms with E-state index in [1.54, 1.807) is 0 Å². The van der Waals surface area contributed by atoms with Crippen molar-refractivity contribution in [3.05, 3.63) is 17.1 Å². The van der Waals surface area contributed by atoms with Crippen molar-refractivity contribution < 1.29 is 0 Å². The van der Waals surface area contributed by atoms with Crippen molar-refractivity contribution in [3.63, 3.8) is 0 Å². The predicted octanol–water partition coefficient (Wildman–Crippen LogP) is 4.64. The lowest BCUT2D eigenvalue weighted by Crippen LogP contribution is -2.22. The number of aryl methyl sites for hydroxylation is 1. The van der Waals surface area contributed by atoms with E-state index in [1.165, 1.54) is 23.5 Å². The van der Waals surface area contributed by atoms with Crippen LogP contribution >= 0.6 is 23.5 Å². The highest BCUT2D eigenvalue weighted by Gasteiger charge is 2.30. The summed E-state index contributed by atoms with van der Waals surface area (Å²) in [7, 11) is 0. The lowest BCUT2D eigenvalue weighted by molar-refractivity contribution is 0.732. The van der Waals surface area contributed by atoms with Crippen LogP contribution in [-0.4, -0.2) is 33.3 Å². The maximum absolute atomic E-state index is 4.91. The van der Waals surface area contributed by atoms with Crippen LogP contribution in [0.4, 0.5) is 5.82 Å². The largest absolute Gasteiger partial charge is 0.370 e. The number of thioether (sulfide) groups is 2. The normalized spacial score (nSPS) is 22.6. The second-order valence-electron chi connectivity index (χ2n) is 5.72. The van der Waals surface area contributed by atoms with Crippen LogP contribution in [0.2, 0.25) is 0 Å². The smallest absolute Gasteiger partial charge is 0.145 e. The molecule has 1 aromatic rings. The maximum atomic E-state index is 4.91. The molecule has 2 heterocycles. The van der Waals surface area contributed by atoms with Gasteiger partial charge in [0.25, 0.3) is 0 Å². The molecule has 21 heavy (non-hydrogen) atoms. The first-order valence-corrected chi connectivity index (χ1v) is 10.0. The van der Waals surface area contributed by atoms with E-state index in [4.69, 9.17) is 9.97 Å². The third-order valence-corrected chi connectivity index (χ3v) is 7.02. The number of nitrogens with one attached hydrogen (secondary N) is 1. The van der Waals surface area contributed by atoms with Crippen molar-refractivity contribution in [2.45, 2.75) is 57.5 Å². The summed E-state index contributed by atoms with van der Waals surface area (Å²) in [5.74, 6) is 4.97. The van der Waals surface area contributed by atoms with E-state index >= 15 is 0 Å². The van der Waals surface area contributed by atoms with Gasteiger partial charge in [-0.1, -0.05) is 20.8 Å². The zero-order valence-electron chi connectivity index (χ0n) is 13.8. The SMILES string of the molecule is CCNc1nc(C2SCCSC2CC)nc(C)c1C(C)C. The predicted molar refractivity (Wildman–Crippen MR) is 96.8 cm³/mol. The van der Waals surface area contributed by atoms with Crippen molar-refractivity contribution in [2.75, 3.05) is 23.4 Å². The van der Waals surface area contributed by atoms with Gasteiger partial charge in [-0.2, -0.15) is 11.8 Å². The van der Waals surface area contributed by atoms with Gasteiger partial charge in [-0.3, -0.25) is 0 Å². The van der Waals surface area contributed by atoms with Crippen LogP contribution in [0, 0.1) is 6.92 Å². The highest BCUT2D eigenvalue weighted by molar-refractivity contribution is 8.06. The van der Waals surface area contributed by atoms with Gasteiger partial charge < -0.3 is 5.32 Å². The van der Waals surface area contributed by atoms with Gasteiger partial charge in [-0.25, -0.2) is 9.97 Å². The molecule has 0 amide bonds. The Kier molecular flexibility index (Phi) is 6.23. The van der Waals surface area contributed by atoms with Gasteiger partial charge in [-0.05, 0) is 26.2 Å². The van der Waals surface area contributed by atoms with E-state index in [9.17, 15) is 0 Å². The van der Waals surface area contributed by atoms with Crippen molar-refractivity contribution in [3.8, 4) is 0 Å². The molecule has 2 atom stereocenters. The Labute approximate surface area is 137 Å². The van der Waals surface area contributed by atoms with Gasteiger partial charge in [0.05, 0.1) is 5.25 Å². The second kappa shape index (κ2) is 7.73. The number of anilines is 1. The first-order chi connectivity index (χ1) is 10.1. The zero-order valence-corrected chi connectivity index (χ0v) is 15.4. The van der Waals surface area contributed by atoms with Crippen LogP contribution in [0.15, 0.2) is 0 Å². The lowest BCUT2D eigenvalue weighted by atomic mass is 10.0. The highest BCUT2D eigenvalue weighted by Crippen LogP contribution is 2.43. The Balaban J connectivity index is 2.40. The van der Waals surface area contributed by atoms with Crippen molar-refractivity contribution in [2.24, 2.45) is 0 Å². The van der Waals surface area contributed by atoms with Crippen LogP contribution < -0.4 is 5.32 Å². The molecular weight excluding hydrogens is 298 g/mol. The summed E-state index contributed by atoms with van der Waals surface area (Å²) < 4.78 is 0. The molecule has 0 spiro atoms. The monoisotopic (exact) mass is 325 g/mol. The highest BCUT2D eigenvalue weighted by atomic mass is 32.2. The molecule has 1 aliphatic heterocycles. The number of nitrogens with zero attached hydrogens (tertiary/aromatic N) is 2. The van der Waals surface area contributed by atoms with E-state index < -0.39 is 0 Å². The molecule has 1 saturated heterocycles. The Morgan fingerprint density at radius 2 is 1.90 bits per heavy atom. The number of aromatic nitrogens is 2. The molecule has 0 radical (unpaired) electrons. The van der Waals surface area contributed by atoms with Gasteiger partial charge in [0.2, 0.25) is 0 Å². The number of rotatable bonds is 5. The van der Waals surface area contributed by atoms with Gasteiger partial charge in [0.1, 0.15) is 11.6 Å². The topological polar surface area (TPSA) is 37.8 Å². The Bertz CT molecular complexity index is 477. The zero-order chi connectivity index (χ0) is 15.4. The van der Waals surface area contributed by atoms with E-state index in [0.29, 0.717) is 16.4 Å². The van der Waals surface area contributed by atoms with E-state index in [1.807, 2.05) is 11.8 Å². The summed E-state index contributed by atoms with van der Waals surface area (Å²) in [6, 6.07) is 0. The summed E-state index contributed by atoms with van der Waals surface area (Å²) in [5.41, 5.74) is 2.40. The molecule has 1 N–H and O–H groups in total. The quantitative estimate of drug-likeness (QED) is 0.853. The minimum atomic E-state index is 0.436. The second-order valence-corrected chi connectivity index (χ2v) is 8.32. The molecule has 0 bridgehead atoms.